The highest BCUT2D eigenvalue weighted by Gasteiger charge is 2.45. The highest BCUT2D eigenvalue weighted by molar-refractivity contribution is 5.49. The predicted molar refractivity (Wildman–Crippen MR) is 53.8 cm³/mol. The molecule has 1 fully saturated rings. The van der Waals surface area contributed by atoms with E-state index in [4.69, 9.17) is 0 Å². The number of hydrogen-bond acceptors (Lipinski definition) is 3. The van der Waals surface area contributed by atoms with Gasteiger partial charge in [0.05, 0.1) is 11.5 Å². The highest BCUT2D eigenvalue weighted by Crippen LogP contribution is 2.48. The molecule has 0 atom stereocenters. The molecule has 1 aliphatic heterocycles. The second kappa shape index (κ2) is 3.10. The standard InChI is InChI=1S/C12H9F2NO2/c13-12(14)16-9-3-2-8(6-10(9)17-12)11(7-15)4-1-5-11/h2-3,6H,1,4-5H2. The molecule has 0 unspecified atom stereocenters. The van der Waals surface area contributed by atoms with Gasteiger partial charge in [-0.1, -0.05) is 6.07 Å². The summed E-state index contributed by atoms with van der Waals surface area (Å²) in [7, 11) is 0. The van der Waals surface area contributed by atoms with E-state index in [0.29, 0.717) is 0 Å². The third kappa shape index (κ3) is 1.44. The Morgan fingerprint density at radius 3 is 2.47 bits per heavy atom. The van der Waals surface area contributed by atoms with Crippen LogP contribution in [-0.2, 0) is 5.41 Å². The molecule has 1 aromatic carbocycles. The first kappa shape index (κ1) is 10.3. The molecular weight excluding hydrogens is 228 g/mol. The summed E-state index contributed by atoms with van der Waals surface area (Å²) >= 11 is 0. The SMILES string of the molecule is N#CC1(c2ccc3c(c2)OC(F)(F)O3)CCC1. The minimum atomic E-state index is -3.60. The van der Waals surface area contributed by atoms with E-state index in [9.17, 15) is 14.0 Å². The Morgan fingerprint density at radius 2 is 1.88 bits per heavy atom. The van der Waals surface area contributed by atoms with E-state index in [2.05, 4.69) is 15.5 Å². The largest absolute Gasteiger partial charge is 0.586 e. The summed E-state index contributed by atoms with van der Waals surface area (Å²) in [4.78, 5) is 0. The number of benzene rings is 1. The van der Waals surface area contributed by atoms with Gasteiger partial charge < -0.3 is 9.47 Å². The van der Waals surface area contributed by atoms with E-state index in [1.165, 1.54) is 12.1 Å². The fraction of sp³-hybridized carbons (Fsp3) is 0.417. The van der Waals surface area contributed by atoms with Gasteiger partial charge in [0.1, 0.15) is 0 Å². The molecule has 0 N–H and O–H groups in total. The van der Waals surface area contributed by atoms with Crippen LogP contribution in [0, 0.1) is 11.3 Å². The topological polar surface area (TPSA) is 42.2 Å². The van der Waals surface area contributed by atoms with Gasteiger partial charge >= 0.3 is 6.29 Å². The van der Waals surface area contributed by atoms with Crippen molar-refractivity contribution in [1.82, 2.24) is 0 Å². The van der Waals surface area contributed by atoms with E-state index in [0.717, 1.165) is 24.8 Å². The number of ether oxygens (including phenoxy) is 2. The van der Waals surface area contributed by atoms with Gasteiger partial charge in [0, 0.05) is 0 Å². The summed E-state index contributed by atoms with van der Waals surface area (Å²) in [6.07, 6.45) is -1.09. The van der Waals surface area contributed by atoms with Crippen molar-refractivity contribution >= 4 is 0 Å². The lowest BCUT2D eigenvalue weighted by molar-refractivity contribution is -0.286. The first-order valence-electron chi connectivity index (χ1n) is 5.36. The number of rotatable bonds is 1. The number of nitrogens with zero attached hydrogens (tertiary/aromatic N) is 1. The molecule has 0 aromatic heterocycles. The van der Waals surface area contributed by atoms with Crippen LogP contribution in [0.2, 0.25) is 0 Å². The second-order valence-corrected chi connectivity index (χ2v) is 4.38. The van der Waals surface area contributed by atoms with Crippen LogP contribution < -0.4 is 9.47 Å². The van der Waals surface area contributed by atoms with Crippen molar-refractivity contribution in [2.75, 3.05) is 0 Å². The highest BCUT2D eigenvalue weighted by atomic mass is 19.3. The fourth-order valence-electron chi connectivity index (χ4n) is 2.24. The fourth-order valence-corrected chi connectivity index (χ4v) is 2.24. The number of halogens is 2. The molecule has 1 aliphatic carbocycles. The van der Waals surface area contributed by atoms with Crippen LogP contribution in [0.4, 0.5) is 8.78 Å². The van der Waals surface area contributed by atoms with Gasteiger partial charge in [0.15, 0.2) is 11.5 Å². The van der Waals surface area contributed by atoms with Crippen molar-refractivity contribution in [1.29, 1.82) is 5.26 Å². The molecule has 0 saturated heterocycles. The molecule has 1 saturated carbocycles. The maximum atomic E-state index is 12.8. The molecule has 1 aromatic rings. The van der Waals surface area contributed by atoms with E-state index >= 15 is 0 Å². The quantitative estimate of drug-likeness (QED) is 0.754. The Labute approximate surface area is 96.6 Å². The zero-order chi connectivity index (χ0) is 12.1. The van der Waals surface area contributed by atoms with Crippen molar-refractivity contribution in [3.05, 3.63) is 23.8 Å². The Balaban J connectivity index is 1.99. The van der Waals surface area contributed by atoms with E-state index < -0.39 is 11.7 Å². The normalized spacial score (nSPS) is 22.6. The maximum Gasteiger partial charge on any atom is 0.586 e. The summed E-state index contributed by atoms with van der Waals surface area (Å²) in [5.41, 5.74) is 0.197. The van der Waals surface area contributed by atoms with Crippen LogP contribution in [0.1, 0.15) is 24.8 Å². The lowest BCUT2D eigenvalue weighted by atomic mass is 9.65. The van der Waals surface area contributed by atoms with Crippen LogP contribution in [-0.4, -0.2) is 6.29 Å². The molecule has 0 radical (unpaired) electrons. The van der Waals surface area contributed by atoms with Gasteiger partial charge in [0.2, 0.25) is 0 Å². The molecule has 17 heavy (non-hydrogen) atoms. The second-order valence-electron chi connectivity index (χ2n) is 4.38. The molecule has 0 amide bonds. The Bertz CT molecular complexity index is 518. The summed E-state index contributed by atoms with van der Waals surface area (Å²) in [6, 6.07) is 6.84. The van der Waals surface area contributed by atoms with Crippen molar-refractivity contribution in [2.45, 2.75) is 31.0 Å². The van der Waals surface area contributed by atoms with Crippen LogP contribution in [0.25, 0.3) is 0 Å². The minimum absolute atomic E-state index is 0.00836. The summed E-state index contributed by atoms with van der Waals surface area (Å²) < 4.78 is 34.4. The third-order valence-electron chi connectivity index (χ3n) is 3.37. The van der Waals surface area contributed by atoms with Crippen LogP contribution in [0.5, 0.6) is 11.5 Å². The van der Waals surface area contributed by atoms with E-state index in [1.807, 2.05) is 0 Å². The number of hydrogen-bond donors (Lipinski definition) is 0. The van der Waals surface area contributed by atoms with E-state index in [1.54, 1.807) is 6.07 Å². The lowest BCUT2D eigenvalue weighted by Gasteiger charge is -2.35. The van der Waals surface area contributed by atoms with Crippen LogP contribution >= 0.6 is 0 Å². The number of alkyl halides is 2. The molecule has 5 heteroatoms. The van der Waals surface area contributed by atoms with Crippen molar-refractivity contribution in [3.63, 3.8) is 0 Å². The average molecular weight is 237 g/mol. The van der Waals surface area contributed by atoms with E-state index in [-0.39, 0.29) is 11.5 Å². The Morgan fingerprint density at radius 1 is 1.18 bits per heavy atom. The number of nitriles is 1. The monoisotopic (exact) mass is 237 g/mol. The molecule has 3 rings (SSSR count). The predicted octanol–water partition coefficient (Wildman–Crippen LogP) is 2.95. The molecule has 0 bridgehead atoms. The zero-order valence-electron chi connectivity index (χ0n) is 8.87. The van der Waals surface area contributed by atoms with Crippen LogP contribution in [0.3, 0.4) is 0 Å². The van der Waals surface area contributed by atoms with Crippen molar-refractivity contribution in [3.8, 4) is 17.6 Å². The molecule has 2 aliphatic rings. The van der Waals surface area contributed by atoms with Crippen molar-refractivity contribution in [2.24, 2.45) is 0 Å². The minimum Gasteiger partial charge on any atom is -0.395 e. The van der Waals surface area contributed by atoms with Gasteiger partial charge in [0.25, 0.3) is 0 Å². The Kier molecular flexibility index (Phi) is 1.88. The maximum absolute atomic E-state index is 12.8. The molecular formula is C12H9F2NO2. The molecule has 1 heterocycles. The van der Waals surface area contributed by atoms with Crippen LogP contribution in [0.15, 0.2) is 18.2 Å². The van der Waals surface area contributed by atoms with Gasteiger partial charge in [-0.3, -0.25) is 0 Å². The molecule has 0 spiro atoms. The first-order valence-corrected chi connectivity index (χ1v) is 5.36. The van der Waals surface area contributed by atoms with Gasteiger partial charge in [-0.05, 0) is 37.0 Å². The smallest absolute Gasteiger partial charge is 0.395 e. The van der Waals surface area contributed by atoms with Gasteiger partial charge in [-0.15, -0.1) is 8.78 Å². The summed E-state index contributed by atoms with van der Waals surface area (Å²) in [5.74, 6) is 0.0280. The van der Waals surface area contributed by atoms with Gasteiger partial charge in [-0.25, -0.2) is 0 Å². The van der Waals surface area contributed by atoms with Gasteiger partial charge in [-0.2, -0.15) is 5.26 Å². The average Bonchev–Trinajstić information content (AvgIpc) is 2.50. The lowest BCUT2D eigenvalue weighted by Crippen LogP contribution is -2.32. The summed E-state index contributed by atoms with van der Waals surface area (Å²) in [6.45, 7) is 0. The third-order valence-corrected chi connectivity index (χ3v) is 3.37. The Hall–Kier alpha value is -1.83. The molecule has 88 valence electrons. The molecule has 3 nitrogen and oxygen atoms in total. The zero-order valence-corrected chi connectivity index (χ0v) is 8.87. The van der Waals surface area contributed by atoms with Crippen molar-refractivity contribution < 1.29 is 18.3 Å². The first-order chi connectivity index (χ1) is 8.05. The number of fused-ring (bicyclic) bond motifs is 1. The summed E-state index contributed by atoms with van der Waals surface area (Å²) in [5, 5.41) is 9.17.